The van der Waals surface area contributed by atoms with Gasteiger partial charge in [0.15, 0.2) is 0 Å². The molecule has 14 heavy (non-hydrogen) atoms. The lowest BCUT2D eigenvalue weighted by Gasteiger charge is -2.62. The van der Waals surface area contributed by atoms with Crippen LogP contribution in [-0.4, -0.2) is 22.7 Å². The number of amides is 1. The van der Waals surface area contributed by atoms with E-state index >= 15 is 0 Å². The number of hydrogen-bond acceptors (Lipinski definition) is 3. The maximum absolute atomic E-state index is 10.8. The van der Waals surface area contributed by atoms with Crippen LogP contribution in [0.3, 0.4) is 0 Å². The van der Waals surface area contributed by atoms with E-state index in [0.29, 0.717) is 5.41 Å². The van der Waals surface area contributed by atoms with Crippen LogP contribution in [0.2, 0.25) is 0 Å². The SMILES string of the molecule is CC1CC2(C1)CC(N)(C(O)C(N)=O)C2. The van der Waals surface area contributed by atoms with Crippen LogP contribution in [-0.2, 0) is 4.79 Å². The number of rotatable bonds is 2. The van der Waals surface area contributed by atoms with Gasteiger partial charge < -0.3 is 16.6 Å². The van der Waals surface area contributed by atoms with Gasteiger partial charge in [0.25, 0.3) is 0 Å². The van der Waals surface area contributed by atoms with Gasteiger partial charge in [-0.05, 0) is 37.0 Å². The smallest absolute Gasteiger partial charge is 0.248 e. The van der Waals surface area contributed by atoms with Crippen LogP contribution < -0.4 is 11.5 Å². The van der Waals surface area contributed by atoms with Gasteiger partial charge in [0, 0.05) is 0 Å². The van der Waals surface area contributed by atoms with Gasteiger partial charge in [-0.1, -0.05) is 6.92 Å². The van der Waals surface area contributed by atoms with Crippen molar-refractivity contribution in [1.82, 2.24) is 0 Å². The Bertz CT molecular complexity index is 263. The highest BCUT2D eigenvalue weighted by molar-refractivity contribution is 5.80. The van der Waals surface area contributed by atoms with Gasteiger partial charge in [-0.2, -0.15) is 0 Å². The molecule has 0 heterocycles. The summed E-state index contributed by atoms with van der Waals surface area (Å²) in [6, 6.07) is 0. The quantitative estimate of drug-likeness (QED) is 0.571. The van der Waals surface area contributed by atoms with Crippen molar-refractivity contribution in [3.63, 3.8) is 0 Å². The first-order chi connectivity index (χ1) is 6.37. The topological polar surface area (TPSA) is 89.3 Å². The fraction of sp³-hybridized carbons (Fsp3) is 0.900. The van der Waals surface area contributed by atoms with Gasteiger partial charge in [0.05, 0.1) is 5.54 Å². The number of carbonyl (C=O) groups is 1. The summed E-state index contributed by atoms with van der Waals surface area (Å²) in [5.41, 5.74) is 10.5. The minimum absolute atomic E-state index is 0.324. The third-order valence-electron chi connectivity index (χ3n) is 3.79. The molecule has 0 aliphatic heterocycles. The van der Waals surface area contributed by atoms with Crippen LogP contribution in [0.15, 0.2) is 0 Å². The van der Waals surface area contributed by atoms with Gasteiger partial charge in [0.2, 0.25) is 5.91 Å². The first-order valence-electron chi connectivity index (χ1n) is 5.13. The maximum Gasteiger partial charge on any atom is 0.248 e. The normalized spacial score (nSPS) is 48.1. The van der Waals surface area contributed by atoms with Crippen LogP contribution in [0.25, 0.3) is 0 Å². The monoisotopic (exact) mass is 198 g/mol. The minimum Gasteiger partial charge on any atom is -0.381 e. The second-order valence-electron chi connectivity index (χ2n) is 5.41. The summed E-state index contributed by atoms with van der Waals surface area (Å²) in [7, 11) is 0. The lowest BCUT2D eigenvalue weighted by atomic mass is 9.45. The summed E-state index contributed by atoms with van der Waals surface area (Å²) >= 11 is 0. The molecule has 2 aliphatic rings. The Balaban J connectivity index is 1.94. The number of nitrogens with two attached hydrogens (primary N) is 2. The molecule has 0 aromatic rings. The standard InChI is InChI=1S/C10H18N2O2/c1-6-2-9(3-6)4-10(12,5-9)7(13)8(11)14/h6-7,13H,2-5,12H2,1H3,(H2,11,14). The van der Waals surface area contributed by atoms with E-state index in [1.165, 1.54) is 12.8 Å². The van der Waals surface area contributed by atoms with Crippen molar-refractivity contribution in [2.24, 2.45) is 22.8 Å². The summed E-state index contributed by atoms with van der Waals surface area (Å²) < 4.78 is 0. The lowest BCUT2D eigenvalue weighted by molar-refractivity contribution is -0.148. The lowest BCUT2D eigenvalue weighted by Crippen LogP contribution is -2.69. The molecule has 5 N–H and O–H groups in total. The molecule has 1 atom stereocenters. The van der Waals surface area contributed by atoms with Gasteiger partial charge in [0.1, 0.15) is 6.10 Å². The van der Waals surface area contributed by atoms with Crippen molar-refractivity contribution >= 4 is 5.91 Å². The fourth-order valence-electron chi connectivity index (χ4n) is 3.53. The van der Waals surface area contributed by atoms with E-state index in [-0.39, 0.29) is 0 Å². The van der Waals surface area contributed by atoms with Crippen molar-refractivity contribution in [3.05, 3.63) is 0 Å². The van der Waals surface area contributed by atoms with Crippen molar-refractivity contribution in [3.8, 4) is 0 Å². The highest BCUT2D eigenvalue weighted by Gasteiger charge is 2.60. The molecule has 0 bridgehead atoms. The number of hydrogen-bond donors (Lipinski definition) is 3. The molecule has 2 rings (SSSR count). The molecule has 1 unspecified atom stereocenters. The first-order valence-corrected chi connectivity index (χ1v) is 5.13. The Morgan fingerprint density at radius 2 is 2.00 bits per heavy atom. The molecule has 80 valence electrons. The van der Waals surface area contributed by atoms with E-state index in [2.05, 4.69) is 6.92 Å². The molecule has 2 fully saturated rings. The molecule has 0 aromatic heterocycles. The Morgan fingerprint density at radius 1 is 1.50 bits per heavy atom. The predicted octanol–water partition coefficient (Wildman–Crippen LogP) is -0.260. The number of carbonyl (C=O) groups excluding carboxylic acids is 1. The average Bonchev–Trinajstić information content (AvgIpc) is 1.97. The molecule has 1 spiro atoms. The van der Waals surface area contributed by atoms with E-state index < -0.39 is 17.6 Å². The van der Waals surface area contributed by atoms with Crippen LogP contribution in [0.1, 0.15) is 32.6 Å². The summed E-state index contributed by atoms with van der Waals surface area (Å²) in [5.74, 6) is 0.0694. The Morgan fingerprint density at radius 3 is 2.36 bits per heavy atom. The highest BCUT2D eigenvalue weighted by atomic mass is 16.3. The van der Waals surface area contributed by atoms with Gasteiger partial charge >= 0.3 is 0 Å². The zero-order valence-electron chi connectivity index (χ0n) is 8.49. The summed E-state index contributed by atoms with van der Waals surface area (Å²) in [6.45, 7) is 2.21. The average molecular weight is 198 g/mol. The van der Waals surface area contributed by atoms with Crippen molar-refractivity contribution in [1.29, 1.82) is 0 Å². The second-order valence-corrected chi connectivity index (χ2v) is 5.41. The molecule has 0 saturated heterocycles. The zero-order valence-corrected chi connectivity index (χ0v) is 8.49. The Hall–Kier alpha value is -0.610. The number of aliphatic hydroxyl groups is 1. The van der Waals surface area contributed by atoms with Crippen LogP contribution in [0.5, 0.6) is 0 Å². The molecule has 4 nitrogen and oxygen atoms in total. The third-order valence-corrected chi connectivity index (χ3v) is 3.79. The molecular weight excluding hydrogens is 180 g/mol. The maximum atomic E-state index is 10.8. The highest BCUT2D eigenvalue weighted by Crippen LogP contribution is 2.62. The molecule has 2 aliphatic carbocycles. The van der Waals surface area contributed by atoms with E-state index in [1.54, 1.807) is 0 Å². The van der Waals surface area contributed by atoms with Gasteiger partial charge in [-0.15, -0.1) is 0 Å². The summed E-state index contributed by atoms with van der Waals surface area (Å²) in [5, 5.41) is 9.52. The van der Waals surface area contributed by atoms with Gasteiger partial charge in [-0.25, -0.2) is 0 Å². The van der Waals surface area contributed by atoms with E-state index in [9.17, 15) is 9.90 Å². The molecule has 0 aromatic carbocycles. The first kappa shape index (κ1) is 9.93. The van der Waals surface area contributed by atoms with Crippen LogP contribution in [0.4, 0.5) is 0 Å². The van der Waals surface area contributed by atoms with Crippen molar-refractivity contribution in [2.75, 3.05) is 0 Å². The fourth-order valence-corrected chi connectivity index (χ4v) is 3.53. The summed E-state index contributed by atoms with van der Waals surface area (Å²) in [4.78, 5) is 10.8. The molecule has 4 heteroatoms. The molecular formula is C10H18N2O2. The Kier molecular flexibility index (Phi) is 1.92. The Labute approximate surface area is 83.6 Å². The van der Waals surface area contributed by atoms with E-state index in [4.69, 9.17) is 11.5 Å². The molecule has 0 radical (unpaired) electrons. The summed E-state index contributed by atoms with van der Waals surface area (Å²) in [6.07, 6.45) is 2.67. The second kappa shape index (κ2) is 2.70. The molecule has 1 amide bonds. The van der Waals surface area contributed by atoms with Crippen LogP contribution >= 0.6 is 0 Å². The van der Waals surface area contributed by atoms with Gasteiger partial charge in [-0.3, -0.25) is 4.79 Å². The minimum atomic E-state index is -1.18. The van der Waals surface area contributed by atoms with E-state index in [0.717, 1.165) is 18.8 Å². The number of primary amides is 1. The molecule has 2 saturated carbocycles. The zero-order chi connectivity index (χ0) is 10.6. The third kappa shape index (κ3) is 1.25. The predicted molar refractivity (Wildman–Crippen MR) is 52.2 cm³/mol. The number of aliphatic hydroxyl groups excluding tert-OH is 1. The van der Waals surface area contributed by atoms with Crippen molar-refractivity contribution < 1.29 is 9.90 Å². The van der Waals surface area contributed by atoms with E-state index in [1.807, 2.05) is 0 Å². The largest absolute Gasteiger partial charge is 0.381 e. The van der Waals surface area contributed by atoms with Crippen LogP contribution in [0, 0.1) is 11.3 Å². The van der Waals surface area contributed by atoms with Crippen molar-refractivity contribution in [2.45, 2.75) is 44.2 Å².